The molecular weight excluding hydrogens is 302 g/mol. The molecule has 0 amide bonds. The van der Waals surface area contributed by atoms with Crippen LogP contribution in [0.5, 0.6) is 0 Å². The van der Waals surface area contributed by atoms with E-state index in [9.17, 15) is 13.2 Å². The van der Waals surface area contributed by atoms with Gasteiger partial charge in [0.15, 0.2) is 0 Å². The first-order valence-corrected chi connectivity index (χ1v) is 8.91. The van der Waals surface area contributed by atoms with Crippen LogP contribution in [0, 0.1) is 20.8 Å². The number of carbonyl (C=O) groups excluding carboxylic acids is 1. The lowest BCUT2D eigenvalue weighted by molar-refractivity contribution is -0.143. The standard InChI is InChI=1S/C16H25NO4S/c1-6-8-17(11-15(18)21-7-2)22(19,20)16-13(4)9-12(3)10-14(16)5/h9-10H,6-8,11H2,1-5H3. The minimum atomic E-state index is -3.72. The van der Waals surface area contributed by atoms with Crippen LogP contribution in [0.15, 0.2) is 17.0 Å². The van der Waals surface area contributed by atoms with Gasteiger partial charge in [0.1, 0.15) is 6.54 Å². The van der Waals surface area contributed by atoms with Crippen LogP contribution in [0.4, 0.5) is 0 Å². The molecule has 1 aromatic carbocycles. The minimum absolute atomic E-state index is 0.238. The highest BCUT2D eigenvalue weighted by molar-refractivity contribution is 7.89. The topological polar surface area (TPSA) is 63.7 Å². The molecule has 1 aromatic rings. The third-order valence-corrected chi connectivity index (χ3v) is 5.44. The molecule has 124 valence electrons. The van der Waals surface area contributed by atoms with Crippen molar-refractivity contribution in [1.29, 1.82) is 0 Å². The number of rotatable bonds is 7. The molecule has 0 aliphatic carbocycles. The molecule has 0 bridgehead atoms. The molecule has 6 heteroatoms. The Kier molecular flexibility index (Phi) is 6.56. The molecule has 0 atom stereocenters. The lowest BCUT2D eigenvalue weighted by atomic mass is 10.1. The zero-order chi connectivity index (χ0) is 16.9. The fourth-order valence-electron chi connectivity index (χ4n) is 2.59. The van der Waals surface area contributed by atoms with Crippen molar-refractivity contribution in [2.45, 2.75) is 45.9 Å². The van der Waals surface area contributed by atoms with Gasteiger partial charge in [0.05, 0.1) is 11.5 Å². The average Bonchev–Trinajstić information content (AvgIpc) is 2.36. The maximum atomic E-state index is 12.9. The highest BCUT2D eigenvalue weighted by atomic mass is 32.2. The summed E-state index contributed by atoms with van der Waals surface area (Å²) in [4.78, 5) is 12.0. The van der Waals surface area contributed by atoms with Crippen LogP contribution in [0.1, 0.15) is 37.0 Å². The van der Waals surface area contributed by atoms with Crippen molar-refractivity contribution in [2.75, 3.05) is 19.7 Å². The van der Waals surface area contributed by atoms with E-state index in [2.05, 4.69) is 0 Å². The van der Waals surface area contributed by atoms with Crippen LogP contribution >= 0.6 is 0 Å². The van der Waals surface area contributed by atoms with Crippen molar-refractivity contribution >= 4 is 16.0 Å². The fraction of sp³-hybridized carbons (Fsp3) is 0.562. The molecule has 0 radical (unpaired) electrons. The third-order valence-electron chi connectivity index (χ3n) is 3.29. The Morgan fingerprint density at radius 3 is 2.14 bits per heavy atom. The van der Waals surface area contributed by atoms with E-state index in [0.717, 1.165) is 5.56 Å². The third kappa shape index (κ3) is 4.30. The van der Waals surface area contributed by atoms with Crippen LogP contribution in [0.3, 0.4) is 0 Å². The van der Waals surface area contributed by atoms with Crippen molar-refractivity contribution in [1.82, 2.24) is 4.31 Å². The van der Waals surface area contributed by atoms with Crippen LogP contribution < -0.4 is 0 Å². The summed E-state index contributed by atoms with van der Waals surface area (Å²) < 4.78 is 32.0. The van der Waals surface area contributed by atoms with Gasteiger partial charge in [-0.2, -0.15) is 4.31 Å². The zero-order valence-electron chi connectivity index (χ0n) is 14.0. The summed E-state index contributed by atoms with van der Waals surface area (Å²) in [6, 6.07) is 3.68. The second-order valence-corrected chi connectivity index (χ2v) is 7.25. The van der Waals surface area contributed by atoms with Gasteiger partial charge < -0.3 is 4.74 Å². The number of esters is 1. The number of nitrogens with zero attached hydrogens (tertiary/aromatic N) is 1. The first-order valence-electron chi connectivity index (χ1n) is 7.47. The van der Waals surface area contributed by atoms with Gasteiger partial charge in [-0.15, -0.1) is 0 Å². The molecule has 1 rings (SSSR count). The number of hydrogen-bond acceptors (Lipinski definition) is 4. The molecule has 22 heavy (non-hydrogen) atoms. The summed E-state index contributed by atoms with van der Waals surface area (Å²) in [5.41, 5.74) is 2.41. The first-order chi connectivity index (χ1) is 10.2. The van der Waals surface area contributed by atoms with Gasteiger partial charge >= 0.3 is 5.97 Å². The average molecular weight is 327 g/mol. The van der Waals surface area contributed by atoms with Crippen LogP contribution in [0.2, 0.25) is 0 Å². The fourth-order valence-corrected chi connectivity index (χ4v) is 4.48. The molecule has 0 heterocycles. The van der Waals surface area contributed by atoms with E-state index in [4.69, 9.17) is 4.74 Å². The van der Waals surface area contributed by atoms with Gasteiger partial charge in [-0.3, -0.25) is 4.79 Å². The van der Waals surface area contributed by atoms with Crippen molar-refractivity contribution < 1.29 is 17.9 Å². The van der Waals surface area contributed by atoms with Crippen LogP contribution in [0.25, 0.3) is 0 Å². The van der Waals surface area contributed by atoms with Gasteiger partial charge in [0.25, 0.3) is 0 Å². The van der Waals surface area contributed by atoms with Gasteiger partial charge in [-0.25, -0.2) is 8.42 Å². The molecule has 0 spiro atoms. The monoisotopic (exact) mass is 327 g/mol. The molecule has 0 unspecified atom stereocenters. The number of carbonyl (C=O) groups is 1. The minimum Gasteiger partial charge on any atom is -0.465 e. The van der Waals surface area contributed by atoms with Crippen molar-refractivity contribution in [3.63, 3.8) is 0 Å². The predicted octanol–water partition coefficient (Wildman–Crippen LogP) is 2.58. The van der Waals surface area contributed by atoms with E-state index in [1.807, 2.05) is 26.0 Å². The second kappa shape index (κ2) is 7.74. The molecule has 0 aliphatic rings. The maximum absolute atomic E-state index is 12.9. The van der Waals surface area contributed by atoms with Crippen molar-refractivity contribution in [2.24, 2.45) is 0 Å². The highest BCUT2D eigenvalue weighted by Gasteiger charge is 2.29. The Hall–Kier alpha value is -1.40. The quantitative estimate of drug-likeness (QED) is 0.722. The summed E-state index contributed by atoms with van der Waals surface area (Å²) in [5.74, 6) is -0.526. The summed E-state index contributed by atoms with van der Waals surface area (Å²) in [6.07, 6.45) is 0.628. The van der Waals surface area contributed by atoms with Crippen LogP contribution in [-0.4, -0.2) is 38.4 Å². The van der Waals surface area contributed by atoms with E-state index in [1.54, 1.807) is 20.8 Å². The summed E-state index contributed by atoms with van der Waals surface area (Å²) in [6.45, 7) is 9.33. The summed E-state index contributed by atoms with van der Waals surface area (Å²) >= 11 is 0. The summed E-state index contributed by atoms with van der Waals surface area (Å²) in [7, 11) is -3.72. The smallest absolute Gasteiger partial charge is 0.321 e. The Bertz CT molecular complexity index is 615. The maximum Gasteiger partial charge on any atom is 0.321 e. The van der Waals surface area contributed by atoms with Gasteiger partial charge in [0, 0.05) is 6.54 Å². The molecule has 0 fully saturated rings. The van der Waals surface area contributed by atoms with Gasteiger partial charge in [0.2, 0.25) is 10.0 Å². The van der Waals surface area contributed by atoms with Gasteiger partial charge in [-0.1, -0.05) is 24.6 Å². The molecule has 0 saturated heterocycles. The van der Waals surface area contributed by atoms with E-state index >= 15 is 0 Å². The lowest BCUT2D eigenvalue weighted by Crippen LogP contribution is -2.37. The number of ether oxygens (including phenoxy) is 1. The zero-order valence-corrected chi connectivity index (χ0v) is 14.8. The normalized spacial score (nSPS) is 11.7. The van der Waals surface area contributed by atoms with E-state index in [0.29, 0.717) is 17.5 Å². The first kappa shape index (κ1) is 18.6. The van der Waals surface area contributed by atoms with E-state index in [-0.39, 0.29) is 24.6 Å². The largest absolute Gasteiger partial charge is 0.465 e. The van der Waals surface area contributed by atoms with E-state index < -0.39 is 16.0 Å². The van der Waals surface area contributed by atoms with E-state index in [1.165, 1.54) is 4.31 Å². The molecular formula is C16H25NO4S. The van der Waals surface area contributed by atoms with Gasteiger partial charge in [-0.05, 0) is 45.2 Å². The highest BCUT2D eigenvalue weighted by Crippen LogP contribution is 2.25. The Morgan fingerprint density at radius 2 is 1.68 bits per heavy atom. The molecule has 0 N–H and O–H groups in total. The molecule has 0 aromatic heterocycles. The van der Waals surface area contributed by atoms with Crippen LogP contribution in [-0.2, 0) is 19.6 Å². The Labute approximate surface area is 133 Å². The number of benzene rings is 1. The second-order valence-electron chi connectivity index (χ2n) is 5.37. The van der Waals surface area contributed by atoms with Crippen molar-refractivity contribution in [3.05, 3.63) is 28.8 Å². The molecule has 0 saturated carbocycles. The predicted molar refractivity (Wildman–Crippen MR) is 86.3 cm³/mol. The molecule has 0 aliphatic heterocycles. The Balaban J connectivity index is 3.25. The summed E-state index contributed by atoms with van der Waals surface area (Å²) in [5, 5.41) is 0. The lowest BCUT2D eigenvalue weighted by Gasteiger charge is -2.23. The van der Waals surface area contributed by atoms with Crippen molar-refractivity contribution in [3.8, 4) is 0 Å². The molecule has 5 nitrogen and oxygen atoms in total. The SMILES string of the molecule is CCCN(CC(=O)OCC)S(=O)(=O)c1c(C)cc(C)cc1C. The number of sulfonamides is 1. The number of hydrogen-bond donors (Lipinski definition) is 0. The Morgan fingerprint density at radius 1 is 1.14 bits per heavy atom. The number of aryl methyl sites for hydroxylation is 3.